The number of aliphatic imine (C=N–C) groups is 2. The van der Waals surface area contributed by atoms with Gasteiger partial charge in [0, 0.05) is 33.7 Å². The van der Waals surface area contributed by atoms with Gasteiger partial charge in [0.1, 0.15) is 22.7 Å². The molecule has 0 aliphatic carbocycles. The molecular weight excluding hydrogens is 825 g/mol. The number of aliphatic hydroxyl groups excluding tert-OH is 2. The summed E-state index contributed by atoms with van der Waals surface area (Å²) in [6, 6.07) is 34.7. The van der Waals surface area contributed by atoms with Gasteiger partial charge in [0.2, 0.25) is 11.8 Å². The molecule has 64 heavy (non-hydrogen) atoms. The first kappa shape index (κ1) is 41.4. The van der Waals surface area contributed by atoms with Crippen molar-refractivity contribution in [1.82, 2.24) is 0 Å². The molecule has 0 spiro atoms. The Kier molecular flexibility index (Phi) is 11.2. The van der Waals surface area contributed by atoms with Crippen molar-refractivity contribution < 1.29 is 39.7 Å². The maximum Gasteiger partial charge on any atom is 0.273 e. The number of aromatic hydroxyl groups is 2. The number of fused-ring (bicyclic) bond motifs is 3. The first-order valence-electron chi connectivity index (χ1n) is 19.0. The van der Waals surface area contributed by atoms with E-state index in [2.05, 4.69) is 30.4 Å². The number of nitro benzene ring substituents is 2. The second kappa shape index (κ2) is 17.3. The van der Waals surface area contributed by atoms with E-state index in [1.807, 2.05) is 0 Å². The van der Waals surface area contributed by atoms with E-state index in [0.717, 1.165) is 0 Å². The minimum Gasteiger partial charge on any atom is -0.505 e. The van der Waals surface area contributed by atoms with Gasteiger partial charge in [-0.1, -0.05) is 72.8 Å². The molecule has 4 N–H and O–H groups in total. The van der Waals surface area contributed by atoms with Crippen LogP contribution < -0.4 is 9.47 Å². The Hall–Kier alpha value is -9.32. The highest BCUT2D eigenvalue weighted by atomic mass is 16.6. The third kappa shape index (κ3) is 7.99. The van der Waals surface area contributed by atoms with Crippen LogP contribution in [0.5, 0.6) is 23.0 Å². The number of phenols is 2. The number of nitrogens with zero attached hydrogens (tertiary/aromatic N) is 8. The van der Waals surface area contributed by atoms with Gasteiger partial charge in [-0.05, 0) is 47.2 Å². The number of aliphatic hydroxyl groups is 2. The van der Waals surface area contributed by atoms with Gasteiger partial charge in [-0.3, -0.25) is 20.2 Å². The Labute approximate surface area is 361 Å². The minimum atomic E-state index is -0.571. The smallest absolute Gasteiger partial charge is 0.273 e. The average molecular weight is 857 g/mol. The maximum absolute atomic E-state index is 11.6. The number of benzene rings is 8. The number of phenolic OH excluding ortho intramolecular Hbond substituents is 2. The quantitative estimate of drug-likeness (QED) is 0.0297. The fourth-order valence-electron chi connectivity index (χ4n) is 6.93. The highest BCUT2D eigenvalue weighted by Gasteiger charge is 2.21. The van der Waals surface area contributed by atoms with Crippen LogP contribution in [0.1, 0.15) is 11.1 Å². The van der Waals surface area contributed by atoms with Crippen LogP contribution in [-0.2, 0) is 0 Å². The molecule has 0 saturated heterocycles. The standard InChI is InChI=1S/C46H32N8O10/c1-63-39-23-27(53(59)60)17-19-37(39)49-51-41-29-11-5-3-9-25(29)21-33(43(41)55)45(57)47-35-15-7-14-32-31(35)13-8-16-36(32)48-46(58)34-22-26-10-4-6-12-30(26)42(44(34)56)52-50-38-20-18-28(54(61)62)24-40(38)64-2/h3-24,55-56H,1-2H3,(H,47,57)(H,48,58). The van der Waals surface area contributed by atoms with Crippen molar-refractivity contribution in [3.8, 4) is 23.0 Å². The number of ether oxygens (including phenoxy) is 2. The van der Waals surface area contributed by atoms with Crippen molar-refractivity contribution in [3.63, 3.8) is 0 Å². The molecule has 18 nitrogen and oxygen atoms in total. The van der Waals surface area contributed by atoms with Crippen LogP contribution >= 0.6 is 0 Å². The van der Waals surface area contributed by atoms with Gasteiger partial charge < -0.3 is 29.9 Å². The molecule has 316 valence electrons. The molecule has 18 heteroatoms. The van der Waals surface area contributed by atoms with Gasteiger partial charge in [0.25, 0.3) is 11.4 Å². The molecule has 0 bridgehead atoms. The molecule has 8 aromatic rings. The topological polar surface area (TPSA) is 260 Å². The van der Waals surface area contributed by atoms with Crippen molar-refractivity contribution in [1.29, 1.82) is 0 Å². The van der Waals surface area contributed by atoms with Gasteiger partial charge in [-0.25, -0.2) is 9.98 Å². The summed E-state index contributed by atoms with van der Waals surface area (Å²) in [5, 5.41) is 88.9. The largest absolute Gasteiger partial charge is 0.505 e. The van der Waals surface area contributed by atoms with Crippen LogP contribution in [0.25, 0.3) is 32.3 Å². The molecule has 0 heterocycles. The Morgan fingerprint density at radius 3 is 1.27 bits per heavy atom. The lowest BCUT2D eigenvalue weighted by Crippen LogP contribution is -2.00. The normalized spacial score (nSPS) is 12.2. The van der Waals surface area contributed by atoms with Crippen LogP contribution in [0, 0.1) is 20.2 Å². The molecule has 8 aromatic carbocycles. The average Bonchev–Trinajstić information content (AvgIpc) is 3.30. The van der Waals surface area contributed by atoms with E-state index in [9.17, 15) is 40.7 Å². The zero-order valence-electron chi connectivity index (χ0n) is 33.5. The number of hydrogen-bond donors (Lipinski definition) is 4. The maximum atomic E-state index is 11.6. The molecule has 0 fully saturated rings. The van der Waals surface area contributed by atoms with Gasteiger partial charge in [0.05, 0.1) is 58.7 Å². The molecule has 0 atom stereocenters. The summed E-state index contributed by atoms with van der Waals surface area (Å²) in [4.78, 5) is 30.4. The highest BCUT2D eigenvalue weighted by molar-refractivity contribution is 6.10. The van der Waals surface area contributed by atoms with Gasteiger partial charge in [-0.15, -0.1) is 20.5 Å². The van der Waals surface area contributed by atoms with Crippen LogP contribution in [0.4, 0.5) is 45.5 Å². The van der Waals surface area contributed by atoms with Crippen molar-refractivity contribution in [3.05, 3.63) is 165 Å². The van der Waals surface area contributed by atoms with Gasteiger partial charge in [-0.2, -0.15) is 0 Å². The van der Waals surface area contributed by atoms with E-state index < -0.39 is 33.1 Å². The molecule has 0 aromatic heterocycles. The lowest BCUT2D eigenvalue weighted by atomic mass is 10.0. The molecule has 0 amide bonds. The van der Waals surface area contributed by atoms with Crippen LogP contribution in [0.15, 0.2) is 164 Å². The Balaban J connectivity index is 1.17. The van der Waals surface area contributed by atoms with Crippen molar-refractivity contribution in [2.45, 2.75) is 0 Å². The fourth-order valence-corrected chi connectivity index (χ4v) is 6.93. The summed E-state index contributed by atoms with van der Waals surface area (Å²) < 4.78 is 10.6. The van der Waals surface area contributed by atoms with Crippen molar-refractivity contribution in [2.24, 2.45) is 30.4 Å². The number of azo groups is 2. The number of methoxy groups -OCH3 is 2. The molecule has 0 aliphatic heterocycles. The minimum absolute atomic E-state index is 0.00655. The summed E-state index contributed by atoms with van der Waals surface area (Å²) in [5.74, 6) is -1.85. The molecule has 0 radical (unpaired) electrons. The number of rotatable bonds is 12. The first-order valence-corrected chi connectivity index (χ1v) is 19.0. The van der Waals surface area contributed by atoms with Crippen LogP contribution in [-0.4, -0.2) is 56.3 Å². The molecule has 0 saturated carbocycles. The van der Waals surface area contributed by atoms with Crippen molar-refractivity contribution in [2.75, 3.05) is 14.2 Å². The second-order valence-electron chi connectivity index (χ2n) is 13.8. The Bertz CT molecular complexity index is 3110. The predicted octanol–water partition coefficient (Wildman–Crippen LogP) is 12.5. The van der Waals surface area contributed by atoms with E-state index in [1.54, 1.807) is 97.1 Å². The monoisotopic (exact) mass is 856 g/mol. The number of nitro groups is 2. The number of non-ortho nitro benzene ring substituents is 2. The molecule has 0 aliphatic rings. The zero-order valence-corrected chi connectivity index (χ0v) is 33.5. The van der Waals surface area contributed by atoms with E-state index in [4.69, 9.17) is 9.47 Å². The molecule has 8 rings (SSSR count). The fraction of sp³-hybridized carbons (Fsp3) is 0.0435. The lowest BCUT2D eigenvalue weighted by Gasteiger charge is -2.11. The molecule has 0 unspecified atom stereocenters. The highest BCUT2D eigenvalue weighted by Crippen LogP contribution is 2.44. The van der Waals surface area contributed by atoms with Gasteiger partial charge >= 0.3 is 0 Å². The van der Waals surface area contributed by atoms with E-state index in [-0.39, 0.29) is 68.1 Å². The lowest BCUT2D eigenvalue weighted by molar-refractivity contribution is -0.385. The second-order valence-corrected chi connectivity index (χ2v) is 13.8. The van der Waals surface area contributed by atoms with Crippen molar-refractivity contribution >= 4 is 89.6 Å². The third-order valence-corrected chi connectivity index (χ3v) is 10.1. The summed E-state index contributed by atoms with van der Waals surface area (Å²) in [6.07, 6.45) is 0. The SMILES string of the molecule is COc1cc([N+](=O)[O-])ccc1N=Nc1c(O)c(C(O)=Nc2cccc3c(N=C(O)c4cc5ccccc5c(N=Nc5ccc([N+](=O)[O-])cc5OC)c4O)cccc23)cc2ccccc12. The summed E-state index contributed by atoms with van der Waals surface area (Å²) in [7, 11) is 2.66. The molecular formula is C46H32N8O10. The Morgan fingerprint density at radius 2 is 0.875 bits per heavy atom. The summed E-state index contributed by atoms with van der Waals surface area (Å²) in [6.45, 7) is 0. The number of hydrogen-bond acceptors (Lipinski definition) is 14. The van der Waals surface area contributed by atoms with E-state index in [0.29, 0.717) is 32.3 Å². The van der Waals surface area contributed by atoms with E-state index in [1.165, 1.54) is 50.6 Å². The van der Waals surface area contributed by atoms with Crippen LogP contribution in [0.2, 0.25) is 0 Å². The van der Waals surface area contributed by atoms with Crippen LogP contribution in [0.3, 0.4) is 0 Å². The predicted molar refractivity (Wildman–Crippen MR) is 240 cm³/mol. The van der Waals surface area contributed by atoms with Gasteiger partial charge in [0.15, 0.2) is 23.0 Å². The third-order valence-electron chi connectivity index (χ3n) is 10.1. The summed E-state index contributed by atoms with van der Waals surface area (Å²) in [5.41, 5.74) is 0.287. The summed E-state index contributed by atoms with van der Waals surface area (Å²) >= 11 is 0. The first-order chi connectivity index (χ1) is 30.9. The van der Waals surface area contributed by atoms with E-state index >= 15 is 0 Å². The Morgan fingerprint density at radius 1 is 0.484 bits per heavy atom. The zero-order chi connectivity index (χ0) is 45.1.